The highest BCUT2D eigenvalue weighted by Crippen LogP contribution is 2.29. The first-order valence-corrected chi connectivity index (χ1v) is 6.15. The molecule has 2 atom stereocenters. The lowest BCUT2D eigenvalue weighted by molar-refractivity contribution is 0.407. The molecule has 3 heteroatoms. The molecule has 3 nitrogen and oxygen atoms in total. The highest BCUT2D eigenvalue weighted by molar-refractivity contribution is 5.43. The molecule has 1 aromatic carbocycles. The Balaban J connectivity index is 3.09. The normalized spacial score (nSPS) is 14.5. The van der Waals surface area contributed by atoms with Crippen LogP contribution in [-0.2, 0) is 0 Å². The lowest BCUT2D eigenvalue weighted by atomic mass is 9.88. The summed E-state index contributed by atoms with van der Waals surface area (Å²) < 4.78 is 5.31. The summed E-state index contributed by atoms with van der Waals surface area (Å²) in [5, 5.41) is 0. The van der Waals surface area contributed by atoms with Crippen molar-refractivity contribution in [2.45, 2.75) is 33.2 Å². The fourth-order valence-electron chi connectivity index (χ4n) is 2.21. The Hall–Kier alpha value is -1.06. The van der Waals surface area contributed by atoms with Crippen LogP contribution in [0.15, 0.2) is 12.1 Å². The molecule has 96 valence electrons. The van der Waals surface area contributed by atoms with Gasteiger partial charge in [-0.2, -0.15) is 0 Å². The molecule has 0 aliphatic rings. The second-order valence-electron chi connectivity index (χ2n) is 4.61. The largest absolute Gasteiger partial charge is 0.496 e. The molecule has 2 unspecified atom stereocenters. The molecule has 0 aliphatic heterocycles. The molecule has 1 rings (SSSR count). The number of rotatable bonds is 5. The van der Waals surface area contributed by atoms with Crippen molar-refractivity contribution in [1.82, 2.24) is 0 Å². The lowest BCUT2D eigenvalue weighted by Gasteiger charge is -2.24. The van der Waals surface area contributed by atoms with E-state index >= 15 is 0 Å². The molecule has 0 bridgehead atoms. The van der Waals surface area contributed by atoms with Crippen molar-refractivity contribution in [2.75, 3.05) is 13.7 Å². The van der Waals surface area contributed by atoms with Gasteiger partial charge in [-0.05, 0) is 49.1 Å². The van der Waals surface area contributed by atoms with Crippen LogP contribution < -0.4 is 16.2 Å². The summed E-state index contributed by atoms with van der Waals surface area (Å²) in [6, 6.07) is 4.18. The van der Waals surface area contributed by atoms with Crippen molar-refractivity contribution < 1.29 is 4.74 Å². The quantitative estimate of drug-likeness (QED) is 0.824. The predicted octanol–water partition coefficient (Wildman–Crippen LogP) is 2.30. The third-order valence-corrected chi connectivity index (χ3v) is 3.48. The average Bonchev–Trinajstić information content (AvgIpc) is 2.32. The van der Waals surface area contributed by atoms with E-state index in [2.05, 4.69) is 19.9 Å². The summed E-state index contributed by atoms with van der Waals surface area (Å²) in [6.45, 7) is 6.86. The number of aryl methyl sites for hydroxylation is 2. The lowest BCUT2D eigenvalue weighted by Crippen LogP contribution is -2.28. The van der Waals surface area contributed by atoms with E-state index in [9.17, 15) is 0 Å². The number of nitrogens with two attached hydrogens (primary N) is 2. The third-order valence-electron chi connectivity index (χ3n) is 3.48. The molecule has 0 heterocycles. The number of benzene rings is 1. The highest BCUT2D eigenvalue weighted by Gasteiger charge is 2.19. The maximum absolute atomic E-state index is 6.30. The van der Waals surface area contributed by atoms with Gasteiger partial charge in [0.15, 0.2) is 0 Å². The van der Waals surface area contributed by atoms with E-state index in [0.717, 1.165) is 17.7 Å². The minimum absolute atomic E-state index is 0.00889. The van der Waals surface area contributed by atoms with Crippen LogP contribution in [-0.4, -0.2) is 13.7 Å². The smallest absolute Gasteiger partial charge is 0.122 e. The Morgan fingerprint density at radius 3 is 2.35 bits per heavy atom. The van der Waals surface area contributed by atoms with Gasteiger partial charge >= 0.3 is 0 Å². The second kappa shape index (κ2) is 6.03. The first kappa shape index (κ1) is 14.0. The van der Waals surface area contributed by atoms with Crippen molar-refractivity contribution in [3.8, 4) is 5.75 Å². The highest BCUT2D eigenvalue weighted by atomic mass is 16.5. The minimum atomic E-state index is 0.00889. The summed E-state index contributed by atoms with van der Waals surface area (Å²) in [7, 11) is 1.69. The first-order chi connectivity index (χ1) is 8.04. The van der Waals surface area contributed by atoms with E-state index in [1.54, 1.807) is 7.11 Å². The van der Waals surface area contributed by atoms with Crippen LogP contribution in [0, 0.1) is 19.8 Å². The zero-order chi connectivity index (χ0) is 13.0. The topological polar surface area (TPSA) is 61.3 Å². The van der Waals surface area contributed by atoms with E-state index in [0.29, 0.717) is 12.5 Å². The van der Waals surface area contributed by atoms with E-state index in [1.165, 1.54) is 11.1 Å². The molecule has 4 N–H and O–H groups in total. The summed E-state index contributed by atoms with van der Waals surface area (Å²) in [5.74, 6) is 1.25. The van der Waals surface area contributed by atoms with Crippen molar-refractivity contribution >= 4 is 0 Å². The molecule has 0 fully saturated rings. The van der Waals surface area contributed by atoms with Gasteiger partial charge in [0.1, 0.15) is 5.75 Å². The van der Waals surface area contributed by atoms with Gasteiger partial charge in [-0.25, -0.2) is 0 Å². The van der Waals surface area contributed by atoms with Crippen molar-refractivity contribution in [2.24, 2.45) is 17.4 Å². The molecule has 17 heavy (non-hydrogen) atoms. The zero-order valence-electron chi connectivity index (χ0n) is 11.3. The molecule has 0 spiro atoms. The predicted molar refractivity (Wildman–Crippen MR) is 72.2 cm³/mol. The third kappa shape index (κ3) is 2.99. The van der Waals surface area contributed by atoms with Crippen LogP contribution in [0.3, 0.4) is 0 Å². The molecular formula is C14H24N2O. The van der Waals surface area contributed by atoms with Crippen molar-refractivity contribution in [3.05, 3.63) is 28.8 Å². The Morgan fingerprint density at radius 2 is 1.88 bits per heavy atom. The fourth-order valence-corrected chi connectivity index (χ4v) is 2.21. The molecule has 0 saturated heterocycles. The monoisotopic (exact) mass is 236 g/mol. The average molecular weight is 236 g/mol. The van der Waals surface area contributed by atoms with Gasteiger partial charge in [0.25, 0.3) is 0 Å². The van der Waals surface area contributed by atoms with E-state index in [-0.39, 0.29) is 6.04 Å². The first-order valence-electron chi connectivity index (χ1n) is 6.15. The molecule has 0 aliphatic carbocycles. The molecule has 0 amide bonds. The van der Waals surface area contributed by atoms with Crippen LogP contribution in [0.2, 0.25) is 0 Å². The van der Waals surface area contributed by atoms with Crippen LogP contribution >= 0.6 is 0 Å². The fraction of sp³-hybridized carbons (Fsp3) is 0.571. The minimum Gasteiger partial charge on any atom is -0.496 e. The van der Waals surface area contributed by atoms with Crippen LogP contribution in [0.25, 0.3) is 0 Å². The number of hydrogen-bond donors (Lipinski definition) is 2. The van der Waals surface area contributed by atoms with Crippen molar-refractivity contribution in [1.29, 1.82) is 0 Å². The molecule has 1 aromatic rings. The maximum atomic E-state index is 6.30. The van der Waals surface area contributed by atoms with E-state index in [1.807, 2.05) is 13.0 Å². The number of methoxy groups -OCH3 is 1. The van der Waals surface area contributed by atoms with Crippen LogP contribution in [0.1, 0.15) is 36.1 Å². The summed E-state index contributed by atoms with van der Waals surface area (Å²) in [6.07, 6.45) is 1.00. The SMILES string of the molecule is CCC(CN)C(N)c1cc(C)c(OC)cc1C. The molecule has 0 saturated carbocycles. The second-order valence-corrected chi connectivity index (χ2v) is 4.61. The molecule has 0 radical (unpaired) electrons. The Morgan fingerprint density at radius 1 is 1.24 bits per heavy atom. The zero-order valence-corrected chi connectivity index (χ0v) is 11.3. The maximum Gasteiger partial charge on any atom is 0.122 e. The van der Waals surface area contributed by atoms with Gasteiger partial charge in [-0.1, -0.05) is 19.4 Å². The number of hydrogen-bond acceptors (Lipinski definition) is 3. The van der Waals surface area contributed by atoms with Gasteiger partial charge in [0, 0.05) is 6.04 Å². The summed E-state index contributed by atoms with van der Waals surface area (Å²) >= 11 is 0. The Kier molecular flexibility index (Phi) is 4.97. The molecular weight excluding hydrogens is 212 g/mol. The van der Waals surface area contributed by atoms with Crippen LogP contribution in [0.5, 0.6) is 5.75 Å². The van der Waals surface area contributed by atoms with Crippen LogP contribution in [0.4, 0.5) is 0 Å². The van der Waals surface area contributed by atoms with Gasteiger partial charge in [0.2, 0.25) is 0 Å². The van der Waals surface area contributed by atoms with Crippen molar-refractivity contribution in [3.63, 3.8) is 0 Å². The standard InChI is InChI=1S/C14H24N2O/c1-5-11(8-15)14(16)12-6-10(3)13(17-4)7-9(12)2/h6-7,11,14H,5,8,15-16H2,1-4H3. The van der Waals surface area contributed by atoms with Gasteiger partial charge < -0.3 is 16.2 Å². The van der Waals surface area contributed by atoms with E-state index < -0.39 is 0 Å². The Labute approximate surface area is 104 Å². The van der Waals surface area contributed by atoms with Gasteiger partial charge in [-0.3, -0.25) is 0 Å². The Bertz CT molecular complexity index is 373. The van der Waals surface area contributed by atoms with Gasteiger partial charge in [-0.15, -0.1) is 0 Å². The summed E-state index contributed by atoms with van der Waals surface area (Å²) in [5.41, 5.74) is 15.5. The number of ether oxygens (including phenoxy) is 1. The van der Waals surface area contributed by atoms with E-state index in [4.69, 9.17) is 16.2 Å². The molecule has 0 aromatic heterocycles. The summed E-state index contributed by atoms with van der Waals surface area (Å²) in [4.78, 5) is 0. The van der Waals surface area contributed by atoms with Gasteiger partial charge in [0.05, 0.1) is 7.11 Å².